The predicted octanol–water partition coefficient (Wildman–Crippen LogP) is 2.70. The molecule has 1 amide bonds. The van der Waals surface area contributed by atoms with Crippen molar-refractivity contribution < 1.29 is 19.0 Å². The molecule has 8 heteroatoms. The Balaban J connectivity index is 1.51. The molecule has 2 aromatic rings. The lowest BCUT2D eigenvalue weighted by molar-refractivity contribution is -0.169. The van der Waals surface area contributed by atoms with Crippen molar-refractivity contribution in [1.29, 1.82) is 0 Å². The number of hydrogen-bond donors (Lipinski definition) is 1. The van der Waals surface area contributed by atoms with Crippen molar-refractivity contribution in [2.45, 2.75) is 32.5 Å². The molecule has 0 aliphatic carbocycles. The topological polar surface area (TPSA) is 85.8 Å². The number of anilines is 2. The third-order valence-corrected chi connectivity index (χ3v) is 5.30. The van der Waals surface area contributed by atoms with E-state index in [0.29, 0.717) is 36.3 Å². The van der Waals surface area contributed by atoms with Crippen molar-refractivity contribution in [1.82, 2.24) is 9.97 Å². The summed E-state index contributed by atoms with van der Waals surface area (Å²) in [6.45, 7) is 6.56. The maximum atomic E-state index is 12.9. The molecule has 0 atom stereocenters. The summed E-state index contributed by atoms with van der Waals surface area (Å²) in [5.41, 5.74) is 2.71. The highest BCUT2D eigenvalue weighted by molar-refractivity contribution is 6.04. The monoisotopic (exact) mass is 398 g/mol. The minimum absolute atomic E-state index is 0.295. The third kappa shape index (κ3) is 4.18. The fraction of sp³-hybridized carbons (Fsp3) is 0.476. The summed E-state index contributed by atoms with van der Waals surface area (Å²) in [5.74, 6) is 0.408. The molecule has 154 valence electrons. The third-order valence-electron chi connectivity index (χ3n) is 5.30. The average molecular weight is 398 g/mol. The van der Waals surface area contributed by atoms with Crippen molar-refractivity contribution >= 4 is 17.5 Å². The number of ether oxygens (including phenoxy) is 3. The zero-order chi connectivity index (χ0) is 20.4. The first-order valence-electron chi connectivity index (χ1n) is 9.83. The van der Waals surface area contributed by atoms with Gasteiger partial charge >= 0.3 is 0 Å². The Kier molecular flexibility index (Phi) is 5.38. The van der Waals surface area contributed by atoms with Crippen LogP contribution in [0.25, 0.3) is 0 Å². The second-order valence-corrected chi connectivity index (χ2v) is 7.45. The molecule has 3 heterocycles. The summed E-state index contributed by atoms with van der Waals surface area (Å²) in [7, 11) is 1.58. The van der Waals surface area contributed by atoms with Gasteiger partial charge in [-0.25, -0.2) is 9.97 Å². The number of piperidine rings is 1. The molecule has 2 saturated heterocycles. The van der Waals surface area contributed by atoms with Gasteiger partial charge in [0.2, 0.25) is 5.95 Å². The van der Waals surface area contributed by atoms with E-state index in [1.54, 1.807) is 13.2 Å². The number of rotatable bonds is 4. The number of carbonyl (C=O) groups is 1. The first kappa shape index (κ1) is 19.6. The van der Waals surface area contributed by atoms with E-state index in [9.17, 15) is 4.79 Å². The molecule has 1 spiro atoms. The van der Waals surface area contributed by atoms with Crippen LogP contribution in [0.4, 0.5) is 11.6 Å². The SMILES string of the molecule is COc1ccc(C)cc1NC(=O)c1cc(C)nc(N2CCC3(CC2)OCCO3)n1. The largest absolute Gasteiger partial charge is 0.495 e. The fourth-order valence-electron chi connectivity index (χ4n) is 3.75. The molecule has 0 unspecified atom stereocenters. The van der Waals surface area contributed by atoms with Gasteiger partial charge in [0.1, 0.15) is 11.4 Å². The average Bonchev–Trinajstić information content (AvgIpc) is 3.16. The summed E-state index contributed by atoms with van der Waals surface area (Å²) in [5, 5.41) is 2.90. The summed E-state index contributed by atoms with van der Waals surface area (Å²) < 4.78 is 16.9. The van der Waals surface area contributed by atoms with Crippen LogP contribution in [-0.4, -0.2) is 55.1 Å². The van der Waals surface area contributed by atoms with Crippen molar-refractivity contribution in [3.05, 3.63) is 41.2 Å². The quantitative estimate of drug-likeness (QED) is 0.847. The molecule has 0 radical (unpaired) electrons. The number of hydrogen-bond acceptors (Lipinski definition) is 7. The van der Waals surface area contributed by atoms with Gasteiger partial charge in [-0.15, -0.1) is 0 Å². The van der Waals surface area contributed by atoms with Gasteiger partial charge in [0.25, 0.3) is 5.91 Å². The summed E-state index contributed by atoms with van der Waals surface area (Å²) in [4.78, 5) is 24.0. The smallest absolute Gasteiger partial charge is 0.274 e. The summed E-state index contributed by atoms with van der Waals surface area (Å²) in [6, 6.07) is 7.33. The second kappa shape index (κ2) is 7.96. The molecule has 1 aromatic carbocycles. The predicted molar refractivity (Wildman–Crippen MR) is 109 cm³/mol. The molecule has 2 aliphatic rings. The maximum absolute atomic E-state index is 12.9. The van der Waals surface area contributed by atoms with E-state index in [2.05, 4.69) is 20.2 Å². The number of amides is 1. The standard InChI is InChI=1S/C21H26N4O4/c1-14-4-5-18(27-3)16(12-14)23-19(26)17-13-15(2)22-20(24-17)25-8-6-21(7-9-25)28-10-11-29-21/h4-5,12-13H,6-11H2,1-3H3,(H,23,26). The molecule has 8 nitrogen and oxygen atoms in total. The van der Waals surface area contributed by atoms with Crippen LogP contribution in [0.15, 0.2) is 24.3 Å². The maximum Gasteiger partial charge on any atom is 0.274 e. The van der Waals surface area contributed by atoms with Crippen LogP contribution >= 0.6 is 0 Å². The fourth-order valence-corrected chi connectivity index (χ4v) is 3.75. The molecule has 0 saturated carbocycles. The van der Waals surface area contributed by atoms with Gasteiger partial charge in [0.15, 0.2) is 5.79 Å². The minimum Gasteiger partial charge on any atom is -0.495 e. The molecule has 29 heavy (non-hydrogen) atoms. The van der Waals surface area contributed by atoms with E-state index in [0.717, 1.165) is 37.2 Å². The highest BCUT2D eigenvalue weighted by Crippen LogP contribution is 2.32. The Morgan fingerprint density at radius 1 is 1.14 bits per heavy atom. The lowest BCUT2D eigenvalue weighted by Gasteiger charge is -2.37. The number of nitrogens with one attached hydrogen (secondary N) is 1. The van der Waals surface area contributed by atoms with Crippen molar-refractivity contribution in [3.63, 3.8) is 0 Å². The lowest BCUT2D eigenvalue weighted by Crippen LogP contribution is -2.45. The zero-order valence-electron chi connectivity index (χ0n) is 17.0. The summed E-state index contributed by atoms with van der Waals surface area (Å²) in [6.07, 6.45) is 1.51. The van der Waals surface area contributed by atoms with E-state index in [1.807, 2.05) is 32.0 Å². The van der Waals surface area contributed by atoms with Gasteiger partial charge in [0, 0.05) is 31.6 Å². The van der Waals surface area contributed by atoms with Gasteiger partial charge < -0.3 is 24.4 Å². The second-order valence-electron chi connectivity index (χ2n) is 7.45. The van der Waals surface area contributed by atoms with Crippen LogP contribution in [0.1, 0.15) is 34.6 Å². The lowest BCUT2D eigenvalue weighted by atomic mass is 10.0. The van der Waals surface area contributed by atoms with Gasteiger partial charge in [-0.2, -0.15) is 0 Å². The van der Waals surface area contributed by atoms with E-state index in [1.165, 1.54) is 0 Å². The number of nitrogens with zero attached hydrogens (tertiary/aromatic N) is 3. The first-order valence-corrected chi connectivity index (χ1v) is 9.83. The Labute approximate surface area is 170 Å². The van der Waals surface area contributed by atoms with E-state index >= 15 is 0 Å². The van der Waals surface area contributed by atoms with Gasteiger partial charge in [-0.3, -0.25) is 4.79 Å². The molecule has 4 rings (SSSR count). The molecule has 2 aliphatic heterocycles. The molecule has 1 aromatic heterocycles. The van der Waals surface area contributed by atoms with Crippen molar-refractivity contribution in [3.8, 4) is 5.75 Å². The van der Waals surface area contributed by atoms with E-state index in [4.69, 9.17) is 14.2 Å². The van der Waals surface area contributed by atoms with Crippen molar-refractivity contribution in [2.75, 3.05) is 43.6 Å². The zero-order valence-corrected chi connectivity index (χ0v) is 17.0. The minimum atomic E-state index is -0.456. The Bertz CT molecular complexity index is 902. The highest BCUT2D eigenvalue weighted by atomic mass is 16.7. The number of benzene rings is 1. The molecule has 2 fully saturated rings. The van der Waals surface area contributed by atoms with Gasteiger partial charge in [-0.1, -0.05) is 6.07 Å². The van der Waals surface area contributed by atoms with E-state index in [-0.39, 0.29) is 5.91 Å². The summed E-state index contributed by atoms with van der Waals surface area (Å²) >= 11 is 0. The first-order chi connectivity index (χ1) is 14.0. The van der Waals surface area contributed by atoms with Crippen LogP contribution in [0.2, 0.25) is 0 Å². The number of aryl methyl sites for hydroxylation is 2. The Morgan fingerprint density at radius 3 is 2.55 bits per heavy atom. The van der Waals surface area contributed by atoms with Crippen LogP contribution < -0.4 is 15.0 Å². The molecular formula is C21H26N4O4. The van der Waals surface area contributed by atoms with Crippen LogP contribution in [0.5, 0.6) is 5.75 Å². The number of methoxy groups -OCH3 is 1. The van der Waals surface area contributed by atoms with Gasteiger partial charge in [0.05, 0.1) is 26.0 Å². The van der Waals surface area contributed by atoms with Crippen LogP contribution in [-0.2, 0) is 9.47 Å². The van der Waals surface area contributed by atoms with Gasteiger partial charge in [-0.05, 0) is 37.6 Å². The molecule has 1 N–H and O–H groups in total. The van der Waals surface area contributed by atoms with Crippen LogP contribution in [0, 0.1) is 13.8 Å². The van der Waals surface area contributed by atoms with Crippen LogP contribution in [0.3, 0.4) is 0 Å². The highest BCUT2D eigenvalue weighted by Gasteiger charge is 2.40. The number of aromatic nitrogens is 2. The normalized spacial score (nSPS) is 18.1. The Hall–Kier alpha value is -2.71. The van der Waals surface area contributed by atoms with Crippen molar-refractivity contribution in [2.24, 2.45) is 0 Å². The van der Waals surface area contributed by atoms with E-state index < -0.39 is 5.79 Å². The Morgan fingerprint density at radius 2 is 1.86 bits per heavy atom. The molecular weight excluding hydrogens is 372 g/mol. The number of carbonyl (C=O) groups excluding carboxylic acids is 1. The molecule has 0 bridgehead atoms.